The quantitative estimate of drug-likeness (QED) is 0.168. The Morgan fingerprint density at radius 1 is 0.837 bits per heavy atom. The van der Waals surface area contributed by atoms with Crippen molar-refractivity contribution in [2.24, 2.45) is 34.5 Å². The van der Waals surface area contributed by atoms with Gasteiger partial charge in [0.25, 0.3) is 0 Å². The number of carbonyl (C=O) groups excluding carboxylic acids is 4. The number of fused-ring (bicyclic) bond motifs is 2. The zero-order chi connectivity index (χ0) is 31.3. The van der Waals surface area contributed by atoms with Gasteiger partial charge in [0.05, 0.1) is 18.6 Å². The number of methoxy groups -OCH3 is 3. The lowest BCUT2D eigenvalue weighted by molar-refractivity contribution is -0.556. The predicted molar refractivity (Wildman–Crippen MR) is 144 cm³/mol. The molecule has 1 spiro atoms. The monoisotopic (exact) mass is 607 g/mol. The normalized spacial score (nSPS) is 48.2. The van der Waals surface area contributed by atoms with Crippen LogP contribution in [0.5, 0.6) is 0 Å². The van der Waals surface area contributed by atoms with Crippen molar-refractivity contribution in [2.75, 3.05) is 27.9 Å². The van der Waals surface area contributed by atoms with Gasteiger partial charge in [0.2, 0.25) is 0 Å². The SMILES string of the molecule is COC[C@]12C=[N+]([O-])[C@@H]3[C@@H]4[C@H](OC)[C@H]1[C@@]3(CCC2OC(C)=O)[C@@H]1C[C@@]2(OC(C)=O)[C@@H](OC)C[C@@]4(OC(C)=O)[C@H]1[C@H]2OC(C)=O. The number of carbonyl (C=O) groups is 4. The Labute approximate surface area is 250 Å². The summed E-state index contributed by atoms with van der Waals surface area (Å²) in [5.41, 5.74) is -4.60. The van der Waals surface area contributed by atoms with E-state index in [4.69, 9.17) is 33.2 Å². The molecule has 6 rings (SSSR count). The van der Waals surface area contributed by atoms with Crippen molar-refractivity contribution in [3.8, 4) is 0 Å². The van der Waals surface area contributed by atoms with Gasteiger partial charge in [-0.1, -0.05) is 0 Å². The molecule has 5 saturated carbocycles. The summed E-state index contributed by atoms with van der Waals surface area (Å²) >= 11 is 0. The maximum Gasteiger partial charge on any atom is 0.303 e. The molecule has 43 heavy (non-hydrogen) atoms. The van der Waals surface area contributed by atoms with Gasteiger partial charge in [-0.3, -0.25) is 19.2 Å². The molecule has 238 valence electrons. The van der Waals surface area contributed by atoms with Crippen molar-refractivity contribution in [3.05, 3.63) is 5.21 Å². The van der Waals surface area contributed by atoms with Gasteiger partial charge in [0.1, 0.15) is 23.2 Å². The van der Waals surface area contributed by atoms with Gasteiger partial charge in [-0.05, 0) is 25.2 Å². The summed E-state index contributed by atoms with van der Waals surface area (Å²) in [5.74, 6) is -4.34. The van der Waals surface area contributed by atoms with Gasteiger partial charge < -0.3 is 38.4 Å². The molecule has 13 heteroatoms. The Bertz CT molecular complexity index is 1270. The average Bonchev–Trinajstić information content (AvgIpc) is 3.29. The van der Waals surface area contributed by atoms with Crippen LogP contribution in [0, 0.1) is 39.7 Å². The average molecular weight is 608 g/mol. The van der Waals surface area contributed by atoms with Gasteiger partial charge in [0, 0.05) is 72.7 Å². The fourth-order valence-electron chi connectivity index (χ4n) is 11.4. The summed E-state index contributed by atoms with van der Waals surface area (Å²) in [6, 6.07) is -0.687. The number of hydrogen-bond donors (Lipinski definition) is 0. The largest absolute Gasteiger partial charge is 0.624 e. The molecule has 1 aliphatic heterocycles. The first-order chi connectivity index (χ1) is 20.3. The second-order valence-electron chi connectivity index (χ2n) is 13.3. The van der Waals surface area contributed by atoms with Crippen molar-refractivity contribution in [1.29, 1.82) is 0 Å². The summed E-state index contributed by atoms with van der Waals surface area (Å²) < 4.78 is 43.5. The summed E-state index contributed by atoms with van der Waals surface area (Å²) in [6.45, 7) is 5.31. The van der Waals surface area contributed by atoms with E-state index in [1.807, 2.05) is 0 Å². The van der Waals surface area contributed by atoms with Crippen molar-refractivity contribution in [2.45, 2.75) is 95.0 Å². The molecule has 0 aromatic carbocycles. The topological polar surface area (TPSA) is 159 Å². The maximum atomic E-state index is 14.5. The van der Waals surface area contributed by atoms with Crippen molar-refractivity contribution >= 4 is 30.1 Å². The van der Waals surface area contributed by atoms with Crippen LogP contribution in [0.25, 0.3) is 0 Å². The van der Waals surface area contributed by atoms with E-state index in [9.17, 15) is 24.4 Å². The van der Waals surface area contributed by atoms with Crippen LogP contribution in [0.3, 0.4) is 0 Å². The Balaban J connectivity index is 1.66. The second kappa shape index (κ2) is 9.87. The van der Waals surface area contributed by atoms with Gasteiger partial charge in [-0.25, -0.2) is 4.74 Å². The first-order valence-corrected chi connectivity index (χ1v) is 14.9. The van der Waals surface area contributed by atoms with Crippen molar-refractivity contribution < 1.29 is 57.1 Å². The van der Waals surface area contributed by atoms with Crippen LogP contribution >= 0.6 is 0 Å². The third-order valence-electron chi connectivity index (χ3n) is 11.7. The fraction of sp³-hybridized carbons (Fsp3) is 0.833. The van der Waals surface area contributed by atoms with Crippen LogP contribution in [0.4, 0.5) is 0 Å². The zero-order valence-electron chi connectivity index (χ0n) is 25.7. The molecule has 1 unspecified atom stereocenters. The number of ether oxygens (including phenoxy) is 7. The van der Waals surface area contributed by atoms with Crippen LogP contribution in [-0.2, 0) is 52.3 Å². The molecular formula is C30H41NO12. The van der Waals surface area contributed by atoms with Crippen LogP contribution in [0.15, 0.2) is 0 Å². The van der Waals surface area contributed by atoms with E-state index in [0.717, 1.165) is 4.74 Å². The van der Waals surface area contributed by atoms with E-state index in [0.29, 0.717) is 12.8 Å². The minimum atomic E-state index is -1.38. The van der Waals surface area contributed by atoms with E-state index in [1.165, 1.54) is 41.9 Å². The number of hydroxylamine groups is 1. The number of rotatable bonds is 8. The van der Waals surface area contributed by atoms with Gasteiger partial charge in [-0.2, -0.15) is 0 Å². The highest BCUT2D eigenvalue weighted by Crippen LogP contribution is 2.79. The van der Waals surface area contributed by atoms with Gasteiger partial charge in [0.15, 0.2) is 24.0 Å². The zero-order valence-corrected chi connectivity index (χ0v) is 25.7. The van der Waals surface area contributed by atoms with Crippen LogP contribution in [0.1, 0.15) is 53.4 Å². The molecule has 0 N–H and O–H groups in total. The molecule has 6 aliphatic rings. The Hall–Kier alpha value is -2.77. The molecule has 0 aromatic heterocycles. The first kappa shape index (κ1) is 30.3. The van der Waals surface area contributed by atoms with E-state index in [2.05, 4.69) is 0 Å². The molecule has 7 bridgehead atoms. The van der Waals surface area contributed by atoms with E-state index in [1.54, 1.807) is 13.3 Å². The van der Waals surface area contributed by atoms with Crippen LogP contribution in [-0.4, -0.2) is 104 Å². The van der Waals surface area contributed by atoms with Gasteiger partial charge >= 0.3 is 23.9 Å². The predicted octanol–water partition coefficient (Wildman–Crippen LogP) is 1.16. The molecule has 0 saturated heterocycles. The molecule has 13 nitrogen and oxygen atoms in total. The molecule has 0 amide bonds. The third kappa shape index (κ3) is 3.64. The van der Waals surface area contributed by atoms with Gasteiger partial charge in [-0.15, -0.1) is 0 Å². The highest BCUT2D eigenvalue weighted by Gasteiger charge is 2.91. The Morgan fingerprint density at radius 2 is 1.49 bits per heavy atom. The number of esters is 4. The molecule has 0 aromatic rings. The maximum absolute atomic E-state index is 14.5. The minimum Gasteiger partial charge on any atom is -0.624 e. The molecule has 5 aliphatic carbocycles. The second-order valence-corrected chi connectivity index (χ2v) is 13.3. The van der Waals surface area contributed by atoms with E-state index >= 15 is 0 Å². The summed E-state index contributed by atoms with van der Waals surface area (Å²) in [4.78, 5) is 50.7. The minimum absolute atomic E-state index is 0.0799. The van der Waals surface area contributed by atoms with E-state index < -0.39 is 100 Å². The van der Waals surface area contributed by atoms with E-state index in [-0.39, 0.29) is 19.4 Å². The van der Waals surface area contributed by atoms with Crippen molar-refractivity contribution in [3.63, 3.8) is 0 Å². The van der Waals surface area contributed by atoms with Crippen molar-refractivity contribution in [1.82, 2.24) is 0 Å². The molecular weight excluding hydrogens is 566 g/mol. The summed E-state index contributed by atoms with van der Waals surface area (Å²) in [6.07, 6.45) is -0.317. The molecule has 5 fully saturated rings. The highest BCUT2D eigenvalue weighted by atomic mass is 16.6. The fourth-order valence-corrected chi connectivity index (χ4v) is 11.4. The standard InChI is InChI=1S/C30H41NO12/c1-14(32)40-19-8-9-28-18-10-29(42-16(3)34)20(38-6)11-30(43-17(4)35,21(18)26(29)41-15(2)33)22-23(39-7)24(28)27(19,13-37-5)12-31(36)25(22)28/h12,18-26H,8-11,13H2,1-7H3/t18-,19?,20+,21-,22+,23+,24-,25-,26-,27+,28-,29-,30-/m1/s1. The molecule has 1 heterocycles. The lowest BCUT2D eigenvalue weighted by atomic mass is 9.44. The highest BCUT2D eigenvalue weighted by molar-refractivity contribution is 5.72. The van der Waals surface area contributed by atoms with Crippen LogP contribution in [0.2, 0.25) is 0 Å². The summed E-state index contributed by atoms with van der Waals surface area (Å²) in [7, 11) is 4.59. The lowest BCUT2D eigenvalue weighted by Crippen LogP contribution is -2.74. The Morgan fingerprint density at radius 3 is 2.05 bits per heavy atom. The Kier molecular flexibility index (Phi) is 6.94. The smallest absolute Gasteiger partial charge is 0.303 e. The first-order valence-electron chi connectivity index (χ1n) is 14.9. The van der Waals surface area contributed by atoms with Crippen LogP contribution < -0.4 is 0 Å². The summed E-state index contributed by atoms with van der Waals surface area (Å²) in [5, 5.41) is 14.5. The molecule has 0 radical (unpaired) electrons. The number of hydrogen-bond acceptors (Lipinski definition) is 12. The lowest BCUT2D eigenvalue weighted by Gasteiger charge is -2.62. The molecule has 13 atom stereocenters. The third-order valence-corrected chi connectivity index (χ3v) is 11.7. The number of nitrogens with zero attached hydrogens (tertiary/aromatic N) is 1.